The zero-order valence-corrected chi connectivity index (χ0v) is 19.3. The molecule has 0 fully saturated rings. The summed E-state index contributed by atoms with van der Waals surface area (Å²) in [6.07, 6.45) is 0. The Morgan fingerprint density at radius 1 is 0.368 bits per heavy atom. The van der Waals surface area contributed by atoms with E-state index in [1.807, 2.05) is 0 Å². The van der Waals surface area contributed by atoms with Crippen LogP contribution in [0.15, 0.2) is 36.4 Å². The number of halogens is 8. The van der Waals surface area contributed by atoms with Gasteiger partial charge in [-0.15, -0.1) is 0 Å². The molecule has 38 heavy (non-hydrogen) atoms. The van der Waals surface area contributed by atoms with Crippen LogP contribution in [0.1, 0.15) is 0 Å². The molecule has 0 spiro atoms. The van der Waals surface area contributed by atoms with Crippen LogP contribution in [-0.4, -0.2) is 14.2 Å². The predicted molar refractivity (Wildman–Crippen MR) is 127 cm³/mol. The molecule has 0 aliphatic carbocycles. The zero-order chi connectivity index (χ0) is 27.2. The summed E-state index contributed by atoms with van der Waals surface area (Å²) in [7, 11) is 2.74. The van der Waals surface area contributed by atoms with E-state index >= 15 is 17.6 Å². The van der Waals surface area contributed by atoms with Crippen molar-refractivity contribution < 1.29 is 44.6 Å². The van der Waals surface area contributed by atoms with Crippen LogP contribution < -0.4 is 9.47 Å². The number of methoxy groups -OCH3 is 2. The SMILES string of the molecule is COc1ccc2c(c1)c1cc(OC)ccc1c1c3c(F)c(F)c(F)c(F)c3c3c(F)c(F)c(F)c(F)c3c21. The van der Waals surface area contributed by atoms with Gasteiger partial charge in [-0.1, -0.05) is 12.1 Å². The van der Waals surface area contributed by atoms with E-state index in [0.717, 1.165) is 0 Å². The highest BCUT2D eigenvalue weighted by molar-refractivity contribution is 6.39. The van der Waals surface area contributed by atoms with Gasteiger partial charge in [-0.2, -0.15) is 0 Å². The van der Waals surface area contributed by atoms with E-state index in [-0.39, 0.29) is 21.5 Å². The van der Waals surface area contributed by atoms with Gasteiger partial charge < -0.3 is 9.47 Å². The summed E-state index contributed by atoms with van der Waals surface area (Å²) in [4.78, 5) is 0. The summed E-state index contributed by atoms with van der Waals surface area (Å²) >= 11 is 0. The Balaban J connectivity index is 2.15. The molecule has 0 amide bonds. The maximum Gasteiger partial charge on any atom is 0.198 e. The lowest BCUT2D eigenvalue weighted by molar-refractivity contribution is 0.415. The van der Waals surface area contributed by atoms with Gasteiger partial charge in [-0.05, 0) is 45.8 Å². The standard InChI is InChI=1S/C28H12F8O2/c1-37-9-3-5-11-13(7-9)14-8-10(38-2)4-6-12(14)16-15(11)17-19(23(31)27(35)25(33)21(17)29)20-18(16)22(30)26(34)28(36)24(20)32/h3-8H,1-2H3. The molecule has 0 aliphatic heterocycles. The number of hydrogen-bond donors (Lipinski definition) is 0. The highest BCUT2D eigenvalue weighted by atomic mass is 19.2. The van der Waals surface area contributed by atoms with Crippen LogP contribution in [0.4, 0.5) is 35.1 Å². The van der Waals surface area contributed by atoms with Crippen molar-refractivity contribution in [3.8, 4) is 11.5 Å². The highest BCUT2D eigenvalue weighted by Gasteiger charge is 2.32. The Morgan fingerprint density at radius 3 is 0.947 bits per heavy atom. The van der Waals surface area contributed by atoms with Gasteiger partial charge in [0.1, 0.15) is 11.5 Å². The van der Waals surface area contributed by atoms with Gasteiger partial charge in [0, 0.05) is 32.3 Å². The van der Waals surface area contributed by atoms with Crippen LogP contribution in [0.3, 0.4) is 0 Å². The van der Waals surface area contributed by atoms with Gasteiger partial charge in [0.25, 0.3) is 0 Å². The van der Waals surface area contributed by atoms with Crippen molar-refractivity contribution in [1.82, 2.24) is 0 Å². The molecular weight excluding hydrogens is 520 g/mol. The van der Waals surface area contributed by atoms with Gasteiger partial charge in [-0.25, -0.2) is 35.1 Å². The number of hydrogen-bond acceptors (Lipinski definition) is 2. The van der Waals surface area contributed by atoms with Crippen LogP contribution in [-0.2, 0) is 0 Å². The first-order chi connectivity index (χ1) is 18.1. The number of fused-ring (bicyclic) bond motifs is 11. The number of ether oxygens (including phenoxy) is 2. The number of rotatable bonds is 2. The Bertz CT molecular complexity index is 1890. The molecule has 0 bridgehead atoms. The molecule has 2 nitrogen and oxygen atoms in total. The second-order valence-corrected chi connectivity index (χ2v) is 8.58. The Kier molecular flexibility index (Phi) is 5.11. The van der Waals surface area contributed by atoms with E-state index in [9.17, 15) is 17.6 Å². The quantitative estimate of drug-likeness (QED) is 0.0963. The molecule has 0 radical (unpaired) electrons. The van der Waals surface area contributed by atoms with Gasteiger partial charge in [0.05, 0.1) is 14.2 Å². The van der Waals surface area contributed by atoms with E-state index in [1.54, 1.807) is 0 Å². The summed E-state index contributed by atoms with van der Waals surface area (Å²) in [5, 5.41) is -4.51. The van der Waals surface area contributed by atoms with E-state index in [0.29, 0.717) is 22.3 Å². The normalized spacial score (nSPS) is 11.9. The molecular formula is C28H12F8O2. The van der Waals surface area contributed by atoms with Crippen LogP contribution in [0, 0.1) is 46.5 Å². The third kappa shape index (κ3) is 2.88. The molecule has 192 valence electrons. The van der Waals surface area contributed by atoms with Crippen molar-refractivity contribution in [2.24, 2.45) is 0 Å². The lowest BCUT2D eigenvalue weighted by atomic mass is 9.86. The monoisotopic (exact) mass is 532 g/mol. The van der Waals surface area contributed by atoms with Gasteiger partial charge in [-0.3, -0.25) is 0 Å². The molecule has 0 heterocycles. The van der Waals surface area contributed by atoms with E-state index in [1.165, 1.54) is 50.6 Å². The topological polar surface area (TPSA) is 18.5 Å². The lowest BCUT2D eigenvalue weighted by Crippen LogP contribution is -2.05. The average molecular weight is 532 g/mol. The Labute approximate surface area is 207 Å². The molecule has 0 aromatic heterocycles. The first-order valence-electron chi connectivity index (χ1n) is 11.0. The predicted octanol–water partition coefficient (Wildman–Crippen LogP) is 8.58. The van der Waals surface area contributed by atoms with Gasteiger partial charge in [0.15, 0.2) is 46.5 Å². The summed E-state index contributed by atoms with van der Waals surface area (Å²) in [5.74, 6) is -16.4. The third-order valence-corrected chi connectivity index (χ3v) is 6.82. The van der Waals surface area contributed by atoms with E-state index < -0.39 is 68.1 Å². The third-order valence-electron chi connectivity index (χ3n) is 6.82. The molecule has 0 unspecified atom stereocenters. The number of benzene rings is 6. The first-order valence-corrected chi connectivity index (χ1v) is 11.0. The van der Waals surface area contributed by atoms with Crippen LogP contribution in [0.5, 0.6) is 11.5 Å². The van der Waals surface area contributed by atoms with Gasteiger partial charge >= 0.3 is 0 Å². The molecule has 6 aromatic rings. The molecule has 0 aliphatic rings. The molecule has 6 aromatic carbocycles. The van der Waals surface area contributed by atoms with E-state index in [4.69, 9.17) is 9.47 Å². The molecule has 6 rings (SSSR count). The minimum Gasteiger partial charge on any atom is -0.497 e. The van der Waals surface area contributed by atoms with Crippen molar-refractivity contribution >= 4 is 53.9 Å². The highest BCUT2D eigenvalue weighted by Crippen LogP contribution is 2.49. The molecule has 0 N–H and O–H groups in total. The maximum atomic E-state index is 15.5. The zero-order valence-electron chi connectivity index (χ0n) is 19.3. The minimum atomic E-state index is -2.32. The second-order valence-electron chi connectivity index (χ2n) is 8.58. The van der Waals surface area contributed by atoms with Crippen LogP contribution in [0.25, 0.3) is 53.9 Å². The fourth-order valence-electron chi connectivity index (χ4n) is 5.17. The lowest BCUT2D eigenvalue weighted by Gasteiger charge is -2.19. The fourth-order valence-corrected chi connectivity index (χ4v) is 5.17. The Morgan fingerprint density at radius 2 is 0.658 bits per heavy atom. The average Bonchev–Trinajstić information content (AvgIpc) is 2.94. The molecule has 10 heteroatoms. The van der Waals surface area contributed by atoms with Crippen molar-refractivity contribution in [1.29, 1.82) is 0 Å². The molecule has 0 saturated heterocycles. The van der Waals surface area contributed by atoms with E-state index in [2.05, 4.69) is 0 Å². The van der Waals surface area contributed by atoms with Crippen molar-refractivity contribution in [3.63, 3.8) is 0 Å². The fraction of sp³-hybridized carbons (Fsp3) is 0.0714. The largest absolute Gasteiger partial charge is 0.497 e. The Hall–Kier alpha value is -4.34. The summed E-state index contributed by atoms with van der Waals surface area (Å²) in [6.45, 7) is 0. The van der Waals surface area contributed by atoms with Crippen molar-refractivity contribution in [3.05, 3.63) is 82.9 Å². The smallest absolute Gasteiger partial charge is 0.198 e. The summed E-state index contributed by atoms with van der Waals surface area (Å²) in [5.41, 5.74) is 0. The van der Waals surface area contributed by atoms with Crippen molar-refractivity contribution in [2.45, 2.75) is 0 Å². The first kappa shape index (κ1) is 24.0. The van der Waals surface area contributed by atoms with Crippen molar-refractivity contribution in [2.75, 3.05) is 14.2 Å². The summed E-state index contributed by atoms with van der Waals surface area (Å²) in [6, 6.07) is 8.58. The second kappa shape index (κ2) is 8.08. The minimum absolute atomic E-state index is 0.0577. The maximum absolute atomic E-state index is 15.5. The molecule has 0 saturated carbocycles. The van der Waals surface area contributed by atoms with Crippen LogP contribution >= 0.6 is 0 Å². The summed E-state index contributed by atoms with van der Waals surface area (Å²) < 4.78 is 130. The molecule has 0 atom stereocenters. The van der Waals surface area contributed by atoms with Gasteiger partial charge in [0.2, 0.25) is 0 Å². The van der Waals surface area contributed by atoms with Crippen LogP contribution in [0.2, 0.25) is 0 Å².